The van der Waals surface area contributed by atoms with E-state index in [1.165, 1.54) is 34.6 Å². The fraction of sp³-hybridized carbons (Fsp3) is 0.263. The second-order valence-corrected chi connectivity index (χ2v) is 7.20. The number of nitriles is 1. The molecule has 1 aliphatic carbocycles. The van der Waals surface area contributed by atoms with Crippen molar-refractivity contribution in [3.8, 4) is 6.07 Å². The van der Waals surface area contributed by atoms with Crippen molar-refractivity contribution in [2.24, 2.45) is 5.92 Å². The molecule has 3 aromatic rings. The lowest BCUT2D eigenvalue weighted by Gasteiger charge is -2.24. The number of pyridine rings is 1. The minimum atomic E-state index is 0.579. The fourth-order valence-electron chi connectivity index (χ4n) is 3.47. The second kappa shape index (κ2) is 5.68. The average Bonchev–Trinajstić information content (AvgIpc) is 2.89. The van der Waals surface area contributed by atoms with Gasteiger partial charge in [0.05, 0.1) is 5.69 Å². The summed E-state index contributed by atoms with van der Waals surface area (Å²) in [4.78, 5) is 6.26. The summed E-state index contributed by atoms with van der Waals surface area (Å²) in [7, 11) is 0. The van der Waals surface area contributed by atoms with Crippen molar-refractivity contribution in [3.63, 3.8) is 0 Å². The zero-order chi connectivity index (χ0) is 15.8. The van der Waals surface area contributed by atoms with Crippen LogP contribution in [-0.4, -0.2) is 4.98 Å². The number of benzene rings is 1. The van der Waals surface area contributed by atoms with Crippen LogP contribution in [0.5, 0.6) is 0 Å². The zero-order valence-corrected chi connectivity index (χ0v) is 13.6. The molecule has 1 atom stereocenters. The maximum absolute atomic E-state index is 9.14. The van der Waals surface area contributed by atoms with Gasteiger partial charge in [0.1, 0.15) is 15.8 Å². The van der Waals surface area contributed by atoms with Crippen molar-refractivity contribution in [1.82, 2.24) is 4.98 Å². The summed E-state index contributed by atoms with van der Waals surface area (Å²) < 4.78 is 0. The van der Waals surface area contributed by atoms with Gasteiger partial charge in [-0.1, -0.05) is 30.3 Å². The summed E-state index contributed by atoms with van der Waals surface area (Å²) in [6.07, 6.45) is 4.35. The van der Waals surface area contributed by atoms with E-state index in [-0.39, 0.29) is 0 Å². The molecule has 2 N–H and O–H groups in total. The normalized spacial score (nSPS) is 16.9. The Bertz CT molecular complexity index is 906. The van der Waals surface area contributed by atoms with Crippen LogP contribution in [0.25, 0.3) is 10.2 Å². The van der Waals surface area contributed by atoms with E-state index in [9.17, 15) is 0 Å². The highest BCUT2D eigenvalue weighted by Gasteiger charge is 2.22. The number of nitrogens with zero attached hydrogens (tertiary/aromatic N) is 2. The molecule has 0 aliphatic heterocycles. The average molecular weight is 319 g/mol. The Balaban J connectivity index is 1.65. The minimum Gasteiger partial charge on any atom is -0.396 e. The topological polar surface area (TPSA) is 62.7 Å². The molecule has 0 saturated carbocycles. The highest BCUT2D eigenvalue weighted by atomic mass is 32.1. The van der Waals surface area contributed by atoms with Crippen LogP contribution in [0.2, 0.25) is 0 Å². The van der Waals surface area contributed by atoms with Crippen molar-refractivity contribution in [3.05, 3.63) is 58.1 Å². The van der Waals surface area contributed by atoms with Crippen LogP contribution in [-0.2, 0) is 19.3 Å². The van der Waals surface area contributed by atoms with E-state index in [4.69, 9.17) is 16.0 Å². The number of hydrogen-bond donors (Lipinski definition) is 1. The minimum absolute atomic E-state index is 0.579. The molecular formula is C19H17N3S. The third-order valence-electron chi connectivity index (χ3n) is 4.66. The van der Waals surface area contributed by atoms with Crippen LogP contribution in [0.1, 0.15) is 28.1 Å². The highest BCUT2D eigenvalue weighted by molar-refractivity contribution is 7.19. The smallest absolute Gasteiger partial charge is 0.130 e. The number of fused-ring (bicyclic) bond motifs is 2. The van der Waals surface area contributed by atoms with Crippen molar-refractivity contribution in [1.29, 1.82) is 5.26 Å². The lowest BCUT2D eigenvalue weighted by Crippen LogP contribution is -2.17. The lowest BCUT2D eigenvalue weighted by atomic mass is 9.82. The Labute approximate surface area is 139 Å². The lowest BCUT2D eigenvalue weighted by molar-refractivity contribution is 0.451. The fourth-order valence-corrected chi connectivity index (χ4v) is 4.36. The summed E-state index contributed by atoms with van der Waals surface area (Å²) >= 11 is 1.40. The maximum atomic E-state index is 9.14. The van der Waals surface area contributed by atoms with Crippen LogP contribution in [0.15, 0.2) is 36.4 Å². The van der Waals surface area contributed by atoms with Gasteiger partial charge >= 0.3 is 0 Å². The summed E-state index contributed by atoms with van der Waals surface area (Å²) in [5.74, 6) is 0.652. The quantitative estimate of drug-likeness (QED) is 0.773. The van der Waals surface area contributed by atoms with Gasteiger partial charge in [-0.3, -0.25) is 0 Å². The molecule has 0 bridgehead atoms. The van der Waals surface area contributed by atoms with Crippen molar-refractivity contribution < 1.29 is 0 Å². The first-order valence-electron chi connectivity index (χ1n) is 7.89. The molecule has 0 radical (unpaired) electrons. The number of aryl methyl sites for hydroxylation is 1. The molecule has 0 amide bonds. The van der Waals surface area contributed by atoms with Gasteiger partial charge in [-0.25, -0.2) is 4.98 Å². The first-order valence-corrected chi connectivity index (χ1v) is 8.71. The number of hydrogen-bond acceptors (Lipinski definition) is 4. The second-order valence-electron chi connectivity index (χ2n) is 6.20. The van der Waals surface area contributed by atoms with Crippen LogP contribution >= 0.6 is 11.3 Å². The van der Waals surface area contributed by atoms with Crippen LogP contribution in [0.3, 0.4) is 0 Å². The van der Waals surface area contributed by atoms with Gasteiger partial charge in [0, 0.05) is 11.1 Å². The maximum Gasteiger partial charge on any atom is 0.130 e. The Hall–Kier alpha value is -2.38. The van der Waals surface area contributed by atoms with E-state index >= 15 is 0 Å². The predicted molar refractivity (Wildman–Crippen MR) is 94.4 cm³/mol. The molecule has 0 saturated heterocycles. The molecule has 1 aliphatic rings. The third-order valence-corrected chi connectivity index (χ3v) is 5.68. The number of aromatic nitrogens is 1. The van der Waals surface area contributed by atoms with Gasteiger partial charge < -0.3 is 5.73 Å². The van der Waals surface area contributed by atoms with Gasteiger partial charge in [0.2, 0.25) is 0 Å². The Kier molecular flexibility index (Phi) is 3.51. The van der Waals surface area contributed by atoms with Gasteiger partial charge in [-0.15, -0.1) is 11.3 Å². The first kappa shape index (κ1) is 14.2. The third kappa shape index (κ3) is 2.58. The van der Waals surface area contributed by atoms with E-state index in [0.717, 1.165) is 29.5 Å². The molecule has 4 heteroatoms. The van der Waals surface area contributed by atoms with Crippen molar-refractivity contribution >= 4 is 27.2 Å². The number of anilines is 1. The van der Waals surface area contributed by atoms with Crippen molar-refractivity contribution in [2.75, 3.05) is 5.73 Å². The number of nitrogens with two attached hydrogens (primary N) is 1. The molecule has 3 nitrogen and oxygen atoms in total. The van der Waals surface area contributed by atoms with E-state index in [1.54, 1.807) is 0 Å². The van der Waals surface area contributed by atoms with Crippen LogP contribution in [0.4, 0.5) is 5.69 Å². The SMILES string of the molecule is N#Cc1sc2nc3c(cc2c1N)CC(Cc1ccccc1)CC3. The first-order chi connectivity index (χ1) is 11.2. The number of rotatable bonds is 2. The molecule has 114 valence electrons. The van der Waals surface area contributed by atoms with Gasteiger partial charge in [0.25, 0.3) is 0 Å². The molecule has 2 aromatic heterocycles. The Morgan fingerprint density at radius 2 is 2.13 bits per heavy atom. The van der Waals surface area contributed by atoms with Gasteiger partial charge in [-0.05, 0) is 48.8 Å². The van der Waals surface area contributed by atoms with Gasteiger partial charge in [0.15, 0.2) is 0 Å². The molecule has 1 aromatic carbocycles. The zero-order valence-electron chi connectivity index (χ0n) is 12.7. The van der Waals surface area contributed by atoms with E-state index < -0.39 is 0 Å². The molecule has 1 unspecified atom stereocenters. The van der Waals surface area contributed by atoms with E-state index in [0.29, 0.717) is 16.5 Å². The molecule has 0 spiro atoms. The Morgan fingerprint density at radius 3 is 2.91 bits per heavy atom. The summed E-state index contributed by atoms with van der Waals surface area (Å²) in [6, 6.07) is 15.0. The predicted octanol–water partition coefficient (Wildman–Crippen LogP) is 4.10. The summed E-state index contributed by atoms with van der Waals surface area (Å²) in [5, 5.41) is 10.1. The Morgan fingerprint density at radius 1 is 1.30 bits per heavy atom. The molecule has 2 heterocycles. The molecular weight excluding hydrogens is 302 g/mol. The summed E-state index contributed by atoms with van der Waals surface area (Å²) in [5.41, 5.74) is 10.6. The molecule has 0 fully saturated rings. The largest absolute Gasteiger partial charge is 0.396 e. The summed E-state index contributed by atoms with van der Waals surface area (Å²) in [6.45, 7) is 0. The standard InChI is InChI=1S/C19H17N3S/c20-11-17-18(21)15-10-14-9-13(8-12-4-2-1-3-5-12)6-7-16(14)22-19(15)23-17/h1-5,10,13H,6-9,21H2. The monoisotopic (exact) mass is 319 g/mol. The van der Waals surface area contributed by atoms with Gasteiger partial charge in [-0.2, -0.15) is 5.26 Å². The van der Waals surface area contributed by atoms with Crippen LogP contribution < -0.4 is 5.73 Å². The number of thiophene rings is 1. The highest BCUT2D eigenvalue weighted by Crippen LogP contribution is 2.36. The van der Waals surface area contributed by atoms with E-state index in [1.807, 2.05) is 0 Å². The van der Waals surface area contributed by atoms with Crippen molar-refractivity contribution in [2.45, 2.75) is 25.7 Å². The molecule has 4 rings (SSSR count). The van der Waals surface area contributed by atoms with Crippen LogP contribution in [0, 0.1) is 17.2 Å². The number of nitrogen functional groups attached to an aromatic ring is 1. The molecule has 23 heavy (non-hydrogen) atoms. The van der Waals surface area contributed by atoms with E-state index in [2.05, 4.69) is 42.5 Å².